The fourth-order valence-electron chi connectivity index (χ4n) is 3.19. The van der Waals surface area contributed by atoms with E-state index in [4.69, 9.17) is 14.2 Å². The Balaban J connectivity index is 1.50. The molecule has 1 fully saturated rings. The number of carbonyl (C=O) groups is 2. The summed E-state index contributed by atoms with van der Waals surface area (Å²) >= 11 is 0. The number of hydrogen-bond donors (Lipinski definition) is 1. The molecule has 1 saturated heterocycles. The van der Waals surface area contributed by atoms with Crippen LogP contribution in [-0.4, -0.2) is 80.1 Å². The smallest absolute Gasteiger partial charge is 0.409 e. The van der Waals surface area contributed by atoms with Gasteiger partial charge in [0.1, 0.15) is 12.2 Å². The maximum Gasteiger partial charge on any atom is 0.409 e. The van der Waals surface area contributed by atoms with Gasteiger partial charge in [0.15, 0.2) is 0 Å². The van der Waals surface area contributed by atoms with Crippen molar-refractivity contribution in [3.05, 3.63) is 35.9 Å². The first kappa shape index (κ1) is 24.9. The topological polar surface area (TPSA) is 80.3 Å². The summed E-state index contributed by atoms with van der Waals surface area (Å²) in [6, 6.07) is 9.77. The van der Waals surface area contributed by atoms with E-state index in [0.29, 0.717) is 19.8 Å². The van der Waals surface area contributed by atoms with E-state index in [1.807, 2.05) is 51.1 Å². The molecular weight excluding hydrogens is 398 g/mol. The van der Waals surface area contributed by atoms with E-state index in [-0.39, 0.29) is 24.8 Å². The van der Waals surface area contributed by atoms with Gasteiger partial charge in [-0.2, -0.15) is 0 Å². The number of alkyl carbamates (subject to hydrolysis) is 1. The quantitative estimate of drug-likeness (QED) is 0.600. The summed E-state index contributed by atoms with van der Waals surface area (Å²) in [6.45, 7) is 10.1. The largest absolute Gasteiger partial charge is 0.445 e. The number of carbonyl (C=O) groups excluding carboxylic acids is 2. The van der Waals surface area contributed by atoms with Crippen LogP contribution in [0.1, 0.15) is 39.2 Å². The predicted octanol–water partition coefficient (Wildman–Crippen LogP) is 3.26. The second-order valence-corrected chi connectivity index (χ2v) is 8.84. The summed E-state index contributed by atoms with van der Waals surface area (Å²) in [7, 11) is 1.71. The van der Waals surface area contributed by atoms with E-state index >= 15 is 0 Å². The highest BCUT2D eigenvalue weighted by Crippen LogP contribution is 2.12. The number of benzene rings is 1. The van der Waals surface area contributed by atoms with Gasteiger partial charge < -0.3 is 29.3 Å². The highest BCUT2D eigenvalue weighted by Gasteiger charge is 2.23. The summed E-state index contributed by atoms with van der Waals surface area (Å²) in [4.78, 5) is 27.7. The number of ether oxygens (including phenoxy) is 3. The fraction of sp³-hybridized carbons (Fsp3) is 0.652. The van der Waals surface area contributed by atoms with Crippen LogP contribution in [0, 0.1) is 0 Å². The van der Waals surface area contributed by atoms with E-state index in [0.717, 1.165) is 38.0 Å². The molecule has 174 valence electrons. The minimum atomic E-state index is -0.477. The van der Waals surface area contributed by atoms with Crippen molar-refractivity contribution in [1.82, 2.24) is 15.1 Å². The monoisotopic (exact) mass is 435 g/mol. The molecule has 0 spiro atoms. The van der Waals surface area contributed by atoms with Crippen molar-refractivity contribution < 1.29 is 23.8 Å². The van der Waals surface area contributed by atoms with Gasteiger partial charge in [-0.05, 0) is 39.2 Å². The van der Waals surface area contributed by atoms with Crippen LogP contribution < -0.4 is 5.32 Å². The van der Waals surface area contributed by atoms with Gasteiger partial charge in [0.25, 0.3) is 0 Å². The van der Waals surface area contributed by atoms with Gasteiger partial charge in [-0.1, -0.05) is 30.3 Å². The third-order valence-corrected chi connectivity index (χ3v) is 4.95. The van der Waals surface area contributed by atoms with Crippen molar-refractivity contribution in [3.8, 4) is 0 Å². The number of amides is 2. The summed E-state index contributed by atoms with van der Waals surface area (Å²) in [5.41, 5.74) is 0.486. The molecule has 8 nitrogen and oxygen atoms in total. The minimum absolute atomic E-state index is 0.155. The molecular formula is C23H37N3O5. The van der Waals surface area contributed by atoms with Gasteiger partial charge in [-0.3, -0.25) is 0 Å². The average molecular weight is 436 g/mol. The number of piperidine rings is 1. The zero-order valence-corrected chi connectivity index (χ0v) is 19.3. The van der Waals surface area contributed by atoms with Crippen LogP contribution in [0.5, 0.6) is 0 Å². The predicted molar refractivity (Wildman–Crippen MR) is 119 cm³/mol. The Morgan fingerprint density at radius 2 is 1.81 bits per heavy atom. The van der Waals surface area contributed by atoms with Gasteiger partial charge in [-0.25, -0.2) is 9.59 Å². The third kappa shape index (κ3) is 10.5. The Kier molecular flexibility index (Phi) is 10.1. The number of rotatable bonds is 9. The zero-order chi connectivity index (χ0) is 22.7. The SMILES string of the molecule is CN(CCOCCN1CCC(NC(=O)OC(C)(C)C)CC1)C(=O)OCc1ccccc1. The number of nitrogens with zero attached hydrogens (tertiary/aromatic N) is 2. The lowest BCUT2D eigenvalue weighted by atomic mass is 10.1. The number of likely N-dealkylation sites (N-methyl/N-ethyl adjacent to an activating group) is 1. The fourth-order valence-corrected chi connectivity index (χ4v) is 3.19. The summed E-state index contributed by atoms with van der Waals surface area (Å²) in [5, 5.41) is 2.95. The Bertz CT molecular complexity index is 670. The Morgan fingerprint density at radius 3 is 2.45 bits per heavy atom. The first-order chi connectivity index (χ1) is 14.7. The van der Waals surface area contributed by atoms with Gasteiger partial charge in [0.2, 0.25) is 0 Å². The van der Waals surface area contributed by atoms with E-state index < -0.39 is 5.60 Å². The van der Waals surface area contributed by atoms with Crippen LogP contribution >= 0.6 is 0 Å². The molecule has 1 aromatic carbocycles. The number of likely N-dealkylation sites (tertiary alicyclic amines) is 1. The molecule has 0 radical (unpaired) electrons. The molecule has 0 saturated carbocycles. The second-order valence-electron chi connectivity index (χ2n) is 8.84. The Morgan fingerprint density at radius 1 is 1.13 bits per heavy atom. The van der Waals surface area contributed by atoms with Crippen LogP contribution in [0.4, 0.5) is 9.59 Å². The molecule has 1 N–H and O–H groups in total. The molecule has 0 atom stereocenters. The normalized spacial score (nSPS) is 15.4. The highest BCUT2D eigenvalue weighted by molar-refractivity contribution is 5.68. The highest BCUT2D eigenvalue weighted by atomic mass is 16.6. The molecule has 0 aromatic heterocycles. The maximum absolute atomic E-state index is 12.0. The van der Waals surface area contributed by atoms with Crippen molar-refractivity contribution in [3.63, 3.8) is 0 Å². The zero-order valence-electron chi connectivity index (χ0n) is 19.3. The molecule has 0 bridgehead atoms. The van der Waals surface area contributed by atoms with Crippen molar-refractivity contribution in [2.75, 3.05) is 46.4 Å². The van der Waals surface area contributed by atoms with Crippen molar-refractivity contribution in [1.29, 1.82) is 0 Å². The standard InChI is InChI=1S/C23H37N3O5/c1-23(2,3)31-21(27)24-20-10-12-26(13-11-20)15-17-29-16-14-25(4)22(28)30-18-19-8-6-5-7-9-19/h5-9,20H,10-18H2,1-4H3,(H,24,27). The maximum atomic E-state index is 12.0. The second kappa shape index (κ2) is 12.5. The number of hydrogen-bond acceptors (Lipinski definition) is 6. The molecule has 2 rings (SSSR count). The number of nitrogens with one attached hydrogen (secondary N) is 1. The molecule has 0 unspecified atom stereocenters. The van der Waals surface area contributed by atoms with E-state index in [1.54, 1.807) is 7.05 Å². The summed E-state index contributed by atoms with van der Waals surface area (Å²) in [5.74, 6) is 0. The van der Waals surface area contributed by atoms with Gasteiger partial charge in [0.05, 0.1) is 13.2 Å². The van der Waals surface area contributed by atoms with Crippen molar-refractivity contribution >= 4 is 12.2 Å². The third-order valence-electron chi connectivity index (χ3n) is 4.95. The van der Waals surface area contributed by atoms with Gasteiger partial charge in [-0.15, -0.1) is 0 Å². The van der Waals surface area contributed by atoms with Crippen molar-refractivity contribution in [2.24, 2.45) is 0 Å². The van der Waals surface area contributed by atoms with E-state index in [9.17, 15) is 9.59 Å². The summed E-state index contributed by atoms with van der Waals surface area (Å²) in [6.07, 6.45) is 1.09. The molecule has 2 amide bonds. The minimum Gasteiger partial charge on any atom is -0.445 e. The lowest BCUT2D eigenvalue weighted by Gasteiger charge is -2.32. The van der Waals surface area contributed by atoms with Crippen LogP contribution in [0.2, 0.25) is 0 Å². The Labute approximate surface area is 185 Å². The summed E-state index contributed by atoms with van der Waals surface area (Å²) < 4.78 is 16.3. The first-order valence-corrected chi connectivity index (χ1v) is 10.9. The molecule has 1 aromatic rings. The molecule has 0 aliphatic carbocycles. The lowest BCUT2D eigenvalue weighted by Crippen LogP contribution is -2.46. The lowest BCUT2D eigenvalue weighted by molar-refractivity contribution is 0.0459. The molecule has 31 heavy (non-hydrogen) atoms. The van der Waals surface area contributed by atoms with Crippen LogP contribution in [0.15, 0.2) is 30.3 Å². The van der Waals surface area contributed by atoms with Gasteiger partial charge >= 0.3 is 12.2 Å². The molecule has 1 heterocycles. The molecule has 1 aliphatic heterocycles. The molecule has 8 heteroatoms. The van der Waals surface area contributed by atoms with Crippen LogP contribution in [0.25, 0.3) is 0 Å². The average Bonchev–Trinajstić information content (AvgIpc) is 2.72. The first-order valence-electron chi connectivity index (χ1n) is 10.9. The van der Waals surface area contributed by atoms with Crippen molar-refractivity contribution in [2.45, 2.75) is 51.9 Å². The van der Waals surface area contributed by atoms with E-state index in [2.05, 4.69) is 10.2 Å². The van der Waals surface area contributed by atoms with Crippen LogP contribution in [-0.2, 0) is 20.8 Å². The van der Waals surface area contributed by atoms with Gasteiger partial charge in [0, 0.05) is 39.3 Å². The molecule has 1 aliphatic rings. The van der Waals surface area contributed by atoms with E-state index in [1.165, 1.54) is 4.90 Å². The van der Waals surface area contributed by atoms with Crippen LogP contribution in [0.3, 0.4) is 0 Å². The Hall–Kier alpha value is -2.32.